The van der Waals surface area contributed by atoms with Gasteiger partial charge >= 0.3 is 5.97 Å². The molecule has 0 fully saturated rings. The molecule has 2 heteroatoms. The van der Waals surface area contributed by atoms with Gasteiger partial charge in [-0.2, -0.15) is 0 Å². The van der Waals surface area contributed by atoms with Crippen molar-refractivity contribution >= 4 is 5.97 Å². The van der Waals surface area contributed by atoms with Gasteiger partial charge in [-0.15, -0.1) is 0 Å². The fourth-order valence-electron chi connectivity index (χ4n) is 1.86. The first-order chi connectivity index (χ1) is 7.90. The third kappa shape index (κ3) is 5.53. The fourth-order valence-corrected chi connectivity index (χ4v) is 1.86. The summed E-state index contributed by atoms with van der Waals surface area (Å²) >= 11 is 0. The van der Waals surface area contributed by atoms with Crippen molar-refractivity contribution < 1.29 is 9.53 Å². The van der Waals surface area contributed by atoms with Crippen LogP contribution in [0.3, 0.4) is 0 Å². The predicted molar refractivity (Wildman–Crippen MR) is 69.9 cm³/mol. The van der Waals surface area contributed by atoms with Gasteiger partial charge in [0.15, 0.2) is 0 Å². The molecule has 1 aromatic rings. The van der Waals surface area contributed by atoms with E-state index in [1.165, 1.54) is 18.2 Å². The van der Waals surface area contributed by atoms with Crippen molar-refractivity contribution in [2.24, 2.45) is 5.41 Å². The molecular weight excluding hydrogens is 212 g/mol. The number of carbonyl (C=O) groups is 1. The third-order valence-electron chi connectivity index (χ3n) is 2.57. The molecular formula is C15H22O2. The molecule has 1 rings (SSSR count). The Labute approximate surface area is 104 Å². The Balaban J connectivity index is 2.63. The summed E-state index contributed by atoms with van der Waals surface area (Å²) < 4.78 is 4.64. The maximum atomic E-state index is 11.1. The standard InChI is InChI=1S/C15H22O2/c1-15(2,3)11-13-7-5-6-12(10-13)8-9-14(16)17-4/h5-7,10H,8-9,11H2,1-4H3. The molecule has 2 nitrogen and oxygen atoms in total. The van der Waals surface area contributed by atoms with Gasteiger partial charge in [0.2, 0.25) is 0 Å². The summed E-state index contributed by atoms with van der Waals surface area (Å²) in [5.41, 5.74) is 2.83. The molecule has 0 N–H and O–H groups in total. The lowest BCUT2D eigenvalue weighted by atomic mass is 9.87. The van der Waals surface area contributed by atoms with Crippen molar-refractivity contribution in [3.8, 4) is 0 Å². The van der Waals surface area contributed by atoms with E-state index in [1.54, 1.807) is 0 Å². The average Bonchev–Trinajstić information content (AvgIpc) is 2.24. The smallest absolute Gasteiger partial charge is 0.305 e. The maximum absolute atomic E-state index is 11.1. The van der Waals surface area contributed by atoms with Crippen LogP contribution in [-0.4, -0.2) is 13.1 Å². The Morgan fingerprint density at radius 2 is 1.88 bits per heavy atom. The van der Waals surface area contributed by atoms with Crippen molar-refractivity contribution in [3.63, 3.8) is 0 Å². The molecule has 0 bridgehead atoms. The van der Waals surface area contributed by atoms with Crippen LogP contribution in [0.25, 0.3) is 0 Å². The van der Waals surface area contributed by atoms with Gasteiger partial charge in [0.1, 0.15) is 0 Å². The van der Waals surface area contributed by atoms with Crippen molar-refractivity contribution in [2.75, 3.05) is 7.11 Å². The molecule has 0 aliphatic heterocycles. The molecule has 0 spiro atoms. The molecule has 0 heterocycles. The topological polar surface area (TPSA) is 26.3 Å². The second-order valence-electron chi connectivity index (χ2n) is 5.63. The number of benzene rings is 1. The minimum absolute atomic E-state index is 0.147. The second kappa shape index (κ2) is 5.85. The number of ether oxygens (including phenoxy) is 1. The summed E-state index contributed by atoms with van der Waals surface area (Å²) in [5, 5.41) is 0. The molecule has 0 amide bonds. The van der Waals surface area contributed by atoms with E-state index < -0.39 is 0 Å². The molecule has 94 valence electrons. The molecule has 0 atom stereocenters. The van der Waals surface area contributed by atoms with Crippen LogP contribution >= 0.6 is 0 Å². The summed E-state index contributed by atoms with van der Waals surface area (Å²) in [4.78, 5) is 11.1. The first-order valence-electron chi connectivity index (χ1n) is 6.05. The first kappa shape index (κ1) is 13.8. The van der Waals surface area contributed by atoms with Gasteiger partial charge in [-0.3, -0.25) is 4.79 Å². The van der Waals surface area contributed by atoms with Crippen LogP contribution in [0.2, 0.25) is 0 Å². The molecule has 0 saturated carbocycles. The Bertz CT molecular complexity index is 375. The van der Waals surface area contributed by atoms with Gasteiger partial charge in [-0.1, -0.05) is 45.0 Å². The van der Waals surface area contributed by atoms with Crippen molar-refractivity contribution in [1.29, 1.82) is 0 Å². The highest BCUT2D eigenvalue weighted by Crippen LogP contribution is 2.21. The number of aryl methyl sites for hydroxylation is 1. The van der Waals surface area contributed by atoms with E-state index in [4.69, 9.17) is 0 Å². The lowest BCUT2D eigenvalue weighted by Gasteiger charge is -2.18. The average molecular weight is 234 g/mol. The number of carbonyl (C=O) groups excluding carboxylic acids is 1. The van der Waals surface area contributed by atoms with Crippen LogP contribution in [0.5, 0.6) is 0 Å². The number of methoxy groups -OCH3 is 1. The summed E-state index contributed by atoms with van der Waals surface area (Å²) in [6.45, 7) is 6.69. The van der Waals surface area contributed by atoms with Crippen molar-refractivity contribution in [3.05, 3.63) is 35.4 Å². The van der Waals surface area contributed by atoms with E-state index in [0.29, 0.717) is 11.8 Å². The number of hydrogen-bond donors (Lipinski definition) is 0. The zero-order valence-electron chi connectivity index (χ0n) is 11.2. The fraction of sp³-hybridized carbons (Fsp3) is 0.533. The molecule has 0 aliphatic rings. The number of hydrogen-bond acceptors (Lipinski definition) is 2. The van der Waals surface area contributed by atoms with Gasteiger partial charge in [-0.05, 0) is 29.4 Å². The monoisotopic (exact) mass is 234 g/mol. The minimum Gasteiger partial charge on any atom is -0.469 e. The lowest BCUT2D eigenvalue weighted by molar-refractivity contribution is -0.140. The normalized spacial score (nSPS) is 11.3. The Morgan fingerprint density at radius 1 is 1.24 bits per heavy atom. The summed E-state index contributed by atoms with van der Waals surface area (Å²) in [5.74, 6) is -0.147. The van der Waals surface area contributed by atoms with E-state index in [1.807, 2.05) is 0 Å². The summed E-state index contributed by atoms with van der Waals surface area (Å²) in [7, 11) is 1.43. The zero-order valence-corrected chi connectivity index (χ0v) is 11.2. The quantitative estimate of drug-likeness (QED) is 0.746. The van der Waals surface area contributed by atoms with Crippen LogP contribution < -0.4 is 0 Å². The molecule has 0 unspecified atom stereocenters. The largest absolute Gasteiger partial charge is 0.469 e. The van der Waals surface area contributed by atoms with Gasteiger partial charge in [-0.25, -0.2) is 0 Å². The molecule has 0 aromatic heterocycles. The highest BCUT2D eigenvalue weighted by Gasteiger charge is 2.11. The highest BCUT2D eigenvalue weighted by atomic mass is 16.5. The van der Waals surface area contributed by atoms with Gasteiger partial charge in [0.25, 0.3) is 0 Å². The Kier molecular flexibility index (Phi) is 4.73. The first-order valence-corrected chi connectivity index (χ1v) is 6.05. The van der Waals surface area contributed by atoms with Gasteiger partial charge in [0, 0.05) is 6.42 Å². The SMILES string of the molecule is COC(=O)CCc1cccc(CC(C)(C)C)c1. The van der Waals surface area contributed by atoms with E-state index in [-0.39, 0.29) is 5.97 Å². The maximum Gasteiger partial charge on any atom is 0.305 e. The Morgan fingerprint density at radius 3 is 2.47 bits per heavy atom. The summed E-state index contributed by atoms with van der Waals surface area (Å²) in [6.07, 6.45) is 2.26. The van der Waals surface area contributed by atoms with Crippen LogP contribution in [-0.2, 0) is 22.4 Å². The zero-order chi connectivity index (χ0) is 12.9. The van der Waals surface area contributed by atoms with E-state index in [0.717, 1.165) is 12.8 Å². The molecule has 0 saturated heterocycles. The second-order valence-corrected chi connectivity index (χ2v) is 5.63. The van der Waals surface area contributed by atoms with Crippen LogP contribution in [0.15, 0.2) is 24.3 Å². The van der Waals surface area contributed by atoms with Crippen molar-refractivity contribution in [1.82, 2.24) is 0 Å². The highest BCUT2D eigenvalue weighted by molar-refractivity contribution is 5.69. The van der Waals surface area contributed by atoms with E-state index >= 15 is 0 Å². The summed E-state index contributed by atoms with van der Waals surface area (Å²) in [6, 6.07) is 8.46. The molecule has 0 aliphatic carbocycles. The van der Waals surface area contributed by atoms with Gasteiger partial charge in [0.05, 0.1) is 7.11 Å². The number of esters is 1. The lowest BCUT2D eigenvalue weighted by Crippen LogP contribution is -2.09. The van der Waals surface area contributed by atoms with Crippen LogP contribution in [0.4, 0.5) is 0 Å². The minimum atomic E-state index is -0.147. The molecule has 0 radical (unpaired) electrons. The predicted octanol–water partition coefficient (Wildman–Crippen LogP) is 3.38. The van der Waals surface area contributed by atoms with E-state index in [9.17, 15) is 4.79 Å². The van der Waals surface area contributed by atoms with Gasteiger partial charge < -0.3 is 4.74 Å². The third-order valence-corrected chi connectivity index (χ3v) is 2.57. The van der Waals surface area contributed by atoms with Crippen LogP contribution in [0, 0.1) is 5.41 Å². The molecule has 1 aromatic carbocycles. The van der Waals surface area contributed by atoms with Crippen LogP contribution in [0.1, 0.15) is 38.3 Å². The van der Waals surface area contributed by atoms with E-state index in [2.05, 4.69) is 49.8 Å². The van der Waals surface area contributed by atoms with Crippen molar-refractivity contribution in [2.45, 2.75) is 40.0 Å². The number of rotatable bonds is 4. The molecule has 17 heavy (non-hydrogen) atoms. The Hall–Kier alpha value is -1.31.